The molecular formula is C20H26N2O2S. The van der Waals surface area contributed by atoms with Crippen LogP contribution < -0.4 is 11.1 Å². The van der Waals surface area contributed by atoms with E-state index in [0.29, 0.717) is 17.8 Å². The van der Waals surface area contributed by atoms with E-state index in [1.54, 1.807) is 11.8 Å². The van der Waals surface area contributed by atoms with Crippen molar-refractivity contribution in [1.82, 2.24) is 5.32 Å². The molecule has 1 aliphatic carbocycles. The maximum Gasteiger partial charge on any atom is 0.234 e. The third kappa shape index (κ3) is 2.92. The van der Waals surface area contributed by atoms with Crippen molar-refractivity contribution in [2.45, 2.75) is 49.1 Å². The van der Waals surface area contributed by atoms with Crippen LogP contribution in [0.2, 0.25) is 0 Å². The van der Waals surface area contributed by atoms with Gasteiger partial charge in [0.1, 0.15) is 0 Å². The monoisotopic (exact) mass is 358 g/mol. The lowest BCUT2D eigenvalue weighted by Gasteiger charge is -2.49. The zero-order valence-electron chi connectivity index (χ0n) is 14.7. The van der Waals surface area contributed by atoms with E-state index in [2.05, 4.69) is 41.1 Å². The van der Waals surface area contributed by atoms with Crippen LogP contribution in [-0.2, 0) is 9.53 Å². The van der Waals surface area contributed by atoms with Gasteiger partial charge >= 0.3 is 0 Å². The minimum absolute atomic E-state index is 0.0164. The molecule has 1 aromatic rings. The summed E-state index contributed by atoms with van der Waals surface area (Å²) < 4.78 is 5.89. The van der Waals surface area contributed by atoms with Crippen LogP contribution in [0.5, 0.6) is 0 Å². The number of carbonyl (C=O) groups excluding carboxylic acids is 1. The number of rotatable bonds is 3. The lowest BCUT2D eigenvalue weighted by Crippen LogP contribution is -2.59. The van der Waals surface area contributed by atoms with Gasteiger partial charge in [-0.3, -0.25) is 4.79 Å². The van der Waals surface area contributed by atoms with Crippen molar-refractivity contribution in [3.8, 4) is 0 Å². The molecule has 1 amide bonds. The van der Waals surface area contributed by atoms with Crippen LogP contribution >= 0.6 is 11.8 Å². The average Bonchev–Trinajstić information content (AvgIpc) is 3.11. The quantitative estimate of drug-likeness (QED) is 0.872. The van der Waals surface area contributed by atoms with Gasteiger partial charge in [0.05, 0.1) is 11.4 Å². The predicted molar refractivity (Wildman–Crippen MR) is 101 cm³/mol. The number of nitrogens with two attached hydrogens (primary N) is 1. The standard InChI is InChI=1S/C20H26N2O2S/c1-11(21)12-3-5-13(6-4-12)17-16(24-2)8-7-15-18(17)14-9-10-25-19(14)20(23)22-15/h3-6,9-11,14-19H,7-8,21H2,1-2H3,(H,22,23)/t11-,14?,15?,16?,17?,18?,19?/m0/s1. The first-order valence-corrected chi connectivity index (χ1v) is 10.0. The molecule has 0 radical (unpaired) electrons. The second kappa shape index (κ2) is 6.78. The van der Waals surface area contributed by atoms with Crippen molar-refractivity contribution in [3.05, 3.63) is 46.9 Å². The summed E-state index contributed by atoms with van der Waals surface area (Å²) in [6.07, 6.45) is 4.40. The Bertz CT molecular complexity index is 673. The molecule has 1 saturated heterocycles. The minimum Gasteiger partial charge on any atom is -0.381 e. The molecule has 1 saturated carbocycles. The topological polar surface area (TPSA) is 64.3 Å². The number of nitrogens with one attached hydrogen (secondary N) is 1. The number of hydrogen-bond acceptors (Lipinski definition) is 4. The van der Waals surface area contributed by atoms with Gasteiger partial charge in [0.15, 0.2) is 0 Å². The van der Waals surface area contributed by atoms with E-state index in [-0.39, 0.29) is 29.3 Å². The van der Waals surface area contributed by atoms with E-state index in [4.69, 9.17) is 10.5 Å². The lowest BCUT2D eigenvalue weighted by atomic mass is 9.63. The molecule has 2 heterocycles. The van der Waals surface area contributed by atoms with Gasteiger partial charge in [-0.25, -0.2) is 0 Å². The van der Waals surface area contributed by atoms with Crippen molar-refractivity contribution >= 4 is 17.7 Å². The van der Waals surface area contributed by atoms with Crippen molar-refractivity contribution in [2.24, 2.45) is 17.6 Å². The van der Waals surface area contributed by atoms with Crippen LogP contribution in [0, 0.1) is 11.8 Å². The molecule has 2 aliphatic heterocycles. The summed E-state index contributed by atoms with van der Waals surface area (Å²) in [6.45, 7) is 2.01. The third-order valence-electron chi connectivity index (χ3n) is 6.10. The number of hydrogen-bond donors (Lipinski definition) is 2. The molecular weight excluding hydrogens is 332 g/mol. The Kier molecular flexibility index (Phi) is 4.65. The summed E-state index contributed by atoms with van der Waals surface area (Å²) in [6, 6.07) is 8.95. The van der Waals surface area contributed by atoms with Gasteiger partial charge in [0, 0.05) is 31.0 Å². The lowest BCUT2D eigenvalue weighted by molar-refractivity contribution is -0.127. The maximum atomic E-state index is 12.4. The molecule has 134 valence electrons. The zero-order chi connectivity index (χ0) is 17.6. The fraction of sp³-hybridized carbons (Fsp3) is 0.550. The van der Waals surface area contributed by atoms with Crippen LogP contribution in [-0.4, -0.2) is 30.4 Å². The highest BCUT2D eigenvalue weighted by atomic mass is 32.2. The van der Waals surface area contributed by atoms with Gasteiger partial charge in [-0.1, -0.05) is 30.3 Å². The van der Waals surface area contributed by atoms with E-state index in [0.717, 1.165) is 18.4 Å². The van der Waals surface area contributed by atoms with Gasteiger partial charge in [0.25, 0.3) is 0 Å². The van der Waals surface area contributed by atoms with Gasteiger partial charge in [-0.15, -0.1) is 11.8 Å². The highest BCUT2D eigenvalue weighted by Gasteiger charge is 2.52. The number of piperidine rings is 1. The number of amides is 1. The highest BCUT2D eigenvalue weighted by Crippen LogP contribution is 2.50. The molecule has 2 fully saturated rings. The first-order valence-electron chi connectivity index (χ1n) is 9.11. The van der Waals surface area contributed by atoms with Crippen molar-refractivity contribution in [2.75, 3.05) is 7.11 Å². The first kappa shape index (κ1) is 17.1. The smallest absolute Gasteiger partial charge is 0.234 e. The Morgan fingerprint density at radius 3 is 2.72 bits per heavy atom. The summed E-state index contributed by atoms with van der Waals surface area (Å²) in [5.41, 5.74) is 8.45. The second-order valence-electron chi connectivity index (χ2n) is 7.49. The fourth-order valence-corrected chi connectivity index (χ4v) is 5.94. The zero-order valence-corrected chi connectivity index (χ0v) is 15.5. The summed E-state index contributed by atoms with van der Waals surface area (Å²) >= 11 is 1.65. The van der Waals surface area contributed by atoms with Crippen LogP contribution in [0.1, 0.15) is 42.9 Å². The van der Waals surface area contributed by atoms with Crippen LogP contribution in [0.15, 0.2) is 35.7 Å². The minimum atomic E-state index is 0.0164. The number of carbonyl (C=O) groups is 1. The molecule has 4 rings (SSSR count). The van der Waals surface area contributed by atoms with E-state index in [1.807, 2.05) is 14.0 Å². The summed E-state index contributed by atoms with van der Waals surface area (Å²) in [4.78, 5) is 12.4. The largest absolute Gasteiger partial charge is 0.381 e. The molecule has 25 heavy (non-hydrogen) atoms. The Morgan fingerprint density at radius 1 is 1.28 bits per heavy atom. The molecule has 0 spiro atoms. The number of benzene rings is 1. The molecule has 0 bridgehead atoms. The average molecular weight is 359 g/mol. The number of fused-ring (bicyclic) bond motifs is 3. The molecule has 4 nitrogen and oxygen atoms in total. The second-order valence-corrected chi connectivity index (χ2v) is 8.54. The Labute approximate surface area is 153 Å². The van der Waals surface area contributed by atoms with Crippen LogP contribution in [0.3, 0.4) is 0 Å². The van der Waals surface area contributed by atoms with Gasteiger partial charge in [-0.2, -0.15) is 0 Å². The molecule has 3 N–H and O–H groups in total. The number of allylic oxidation sites excluding steroid dienone is 1. The Hall–Kier alpha value is -1.30. The van der Waals surface area contributed by atoms with Crippen LogP contribution in [0.4, 0.5) is 0 Å². The molecule has 3 aliphatic rings. The van der Waals surface area contributed by atoms with Crippen molar-refractivity contribution < 1.29 is 9.53 Å². The number of methoxy groups -OCH3 is 1. The predicted octanol–water partition coefficient (Wildman–Crippen LogP) is 2.96. The number of thioether (sulfide) groups is 1. The Balaban J connectivity index is 1.71. The van der Waals surface area contributed by atoms with E-state index in [1.165, 1.54) is 5.56 Å². The third-order valence-corrected chi connectivity index (χ3v) is 7.23. The van der Waals surface area contributed by atoms with E-state index < -0.39 is 0 Å². The van der Waals surface area contributed by atoms with Crippen LogP contribution in [0.25, 0.3) is 0 Å². The van der Waals surface area contributed by atoms with Crippen molar-refractivity contribution in [1.29, 1.82) is 0 Å². The Morgan fingerprint density at radius 2 is 2.04 bits per heavy atom. The summed E-state index contributed by atoms with van der Waals surface area (Å²) in [5, 5.41) is 5.41. The number of ether oxygens (including phenoxy) is 1. The van der Waals surface area contributed by atoms with Gasteiger partial charge in [0.2, 0.25) is 5.91 Å². The summed E-state index contributed by atoms with van der Waals surface area (Å²) in [5.74, 6) is 1.17. The molecule has 7 atom stereocenters. The first-order chi connectivity index (χ1) is 12.1. The fourth-order valence-electron chi connectivity index (χ4n) is 4.86. The molecule has 6 unspecified atom stereocenters. The SMILES string of the molecule is COC1CCC2NC(=O)C3SC=CC3C2C1c1ccc([C@H](C)N)cc1. The highest BCUT2D eigenvalue weighted by molar-refractivity contribution is 8.03. The van der Waals surface area contributed by atoms with Gasteiger partial charge in [-0.05, 0) is 42.2 Å². The molecule has 1 aromatic carbocycles. The molecule has 0 aromatic heterocycles. The van der Waals surface area contributed by atoms with E-state index >= 15 is 0 Å². The summed E-state index contributed by atoms with van der Waals surface area (Å²) in [7, 11) is 1.81. The maximum absolute atomic E-state index is 12.4. The van der Waals surface area contributed by atoms with E-state index in [9.17, 15) is 4.79 Å². The van der Waals surface area contributed by atoms with Gasteiger partial charge < -0.3 is 15.8 Å². The van der Waals surface area contributed by atoms with Crippen molar-refractivity contribution in [3.63, 3.8) is 0 Å². The molecule has 5 heteroatoms. The normalized spacial score (nSPS) is 38.0.